The van der Waals surface area contributed by atoms with Crippen LogP contribution < -0.4 is 9.47 Å². The lowest BCUT2D eigenvalue weighted by Gasteiger charge is -2.24. The van der Waals surface area contributed by atoms with E-state index in [1.54, 1.807) is 66.7 Å². The van der Waals surface area contributed by atoms with Crippen LogP contribution in [0.15, 0.2) is 137 Å². The summed E-state index contributed by atoms with van der Waals surface area (Å²) < 4.78 is 11.9. The molecule has 5 aromatic carbocycles. The van der Waals surface area contributed by atoms with Crippen molar-refractivity contribution in [2.45, 2.75) is 22.3 Å². The first-order chi connectivity index (χ1) is 24.8. The fraction of sp³-hybridized carbons (Fsp3) is 0.0513. The molecule has 51 heavy (non-hydrogen) atoms. The van der Waals surface area contributed by atoms with Crippen molar-refractivity contribution < 1.29 is 28.8 Å². The van der Waals surface area contributed by atoms with Gasteiger partial charge in [0.05, 0.1) is 37.2 Å². The van der Waals surface area contributed by atoms with Crippen molar-refractivity contribution in [3.05, 3.63) is 154 Å². The summed E-state index contributed by atoms with van der Waals surface area (Å²) in [6, 6.07) is 34.4. The second kappa shape index (κ2) is 13.0. The number of carbonyl (C=O) groups excluding carboxylic acids is 3. The van der Waals surface area contributed by atoms with Crippen molar-refractivity contribution in [3.63, 3.8) is 0 Å². The Hall–Kier alpha value is -6.66. The van der Waals surface area contributed by atoms with Gasteiger partial charge in [0.2, 0.25) is 0 Å². The van der Waals surface area contributed by atoms with Crippen LogP contribution in [0.4, 0.5) is 5.69 Å². The number of non-ortho nitro benzene ring substituents is 1. The largest absolute Gasteiger partial charge is 0.455 e. The summed E-state index contributed by atoms with van der Waals surface area (Å²) in [6.07, 6.45) is -0.0217. The van der Waals surface area contributed by atoms with Gasteiger partial charge in [-0.3, -0.25) is 24.6 Å². The van der Waals surface area contributed by atoms with E-state index in [9.17, 15) is 24.5 Å². The van der Waals surface area contributed by atoms with Crippen molar-refractivity contribution in [1.82, 2.24) is 14.9 Å². The number of rotatable bonds is 8. The second-order valence-corrected chi connectivity index (χ2v) is 12.8. The van der Waals surface area contributed by atoms with Gasteiger partial charge in [-0.2, -0.15) is 9.97 Å². The monoisotopic (exact) mass is 692 g/mol. The maximum absolute atomic E-state index is 14.1. The van der Waals surface area contributed by atoms with Gasteiger partial charge in [0, 0.05) is 29.7 Å². The van der Waals surface area contributed by atoms with E-state index in [-0.39, 0.29) is 34.9 Å². The van der Waals surface area contributed by atoms with Gasteiger partial charge >= 0.3 is 12.0 Å². The lowest BCUT2D eigenvalue weighted by atomic mass is 10.0. The molecule has 0 saturated carbocycles. The first-order valence-electron chi connectivity index (χ1n) is 15.8. The second-order valence-electron chi connectivity index (χ2n) is 11.7. The van der Waals surface area contributed by atoms with Crippen LogP contribution in [0.2, 0.25) is 0 Å². The van der Waals surface area contributed by atoms with E-state index >= 15 is 0 Å². The molecule has 0 saturated heterocycles. The third-order valence-corrected chi connectivity index (χ3v) is 9.56. The molecule has 1 atom stereocenters. The molecule has 8 rings (SSSR count). The van der Waals surface area contributed by atoms with Gasteiger partial charge in [-0.05, 0) is 54.1 Å². The Morgan fingerprint density at radius 3 is 2.12 bits per heavy atom. The summed E-state index contributed by atoms with van der Waals surface area (Å²) in [6.45, 7) is 0. The number of aromatic nitrogens is 2. The zero-order valence-corrected chi connectivity index (χ0v) is 27.3. The number of amides is 2. The molecule has 11 nitrogen and oxygen atoms in total. The molecule has 0 aliphatic carbocycles. The molecule has 3 heterocycles. The van der Waals surface area contributed by atoms with Crippen LogP contribution in [0.1, 0.15) is 26.3 Å². The topological polar surface area (TPSA) is 142 Å². The average molecular weight is 693 g/mol. The zero-order chi connectivity index (χ0) is 35.1. The molecule has 0 spiro atoms. The van der Waals surface area contributed by atoms with E-state index in [1.165, 1.54) is 30.0 Å². The van der Waals surface area contributed by atoms with Gasteiger partial charge in [0.25, 0.3) is 17.5 Å². The highest BCUT2D eigenvalue weighted by Crippen LogP contribution is 2.48. The van der Waals surface area contributed by atoms with Crippen molar-refractivity contribution in [2.24, 2.45) is 0 Å². The summed E-state index contributed by atoms with van der Waals surface area (Å²) >= 11 is 1.53. The van der Waals surface area contributed by atoms with Gasteiger partial charge in [0.15, 0.2) is 0 Å². The lowest BCUT2D eigenvalue weighted by Crippen LogP contribution is -2.48. The number of hydrogen-bond acceptors (Lipinski definition) is 10. The van der Waals surface area contributed by atoms with Gasteiger partial charge in [-0.25, -0.2) is 4.79 Å². The number of nitrogens with zero attached hydrogens (tertiary/aromatic N) is 4. The Morgan fingerprint density at radius 2 is 1.39 bits per heavy atom. The van der Waals surface area contributed by atoms with E-state index in [4.69, 9.17) is 9.47 Å². The quantitative estimate of drug-likeness (QED) is 0.0670. The molecule has 6 aromatic rings. The van der Waals surface area contributed by atoms with E-state index in [1.807, 2.05) is 42.5 Å². The van der Waals surface area contributed by atoms with Crippen LogP contribution in [0.3, 0.4) is 0 Å². The smallest absolute Gasteiger partial charge is 0.337 e. The van der Waals surface area contributed by atoms with E-state index in [0.29, 0.717) is 28.1 Å². The number of para-hydroxylation sites is 1. The highest BCUT2D eigenvalue weighted by atomic mass is 32.2. The number of nitro benzene ring substituents is 1. The number of hydrogen-bond donors (Lipinski definition) is 0. The molecule has 248 valence electrons. The van der Waals surface area contributed by atoms with Crippen LogP contribution in [-0.4, -0.2) is 43.6 Å². The number of benzene rings is 5. The van der Waals surface area contributed by atoms with Crippen LogP contribution in [0.25, 0.3) is 22.5 Å². The SMILES string of the molecule is O=C(Oc1nc(-c2cccc([N+](=O)[O-])c2)cc(-c2ccc3c(c2)Sc2ccccc2O3)n1)C(Cc1ccccc1)N1C(=O)c2ccccc2C1=O. The molecule has 1 aromatic heterocycles. The first kappa shape index (κ1) is 31.6. The van der Waals surface area contributed by atoms with Crippen molar-refractivity contribution >= 4 is 35.2 Å². The number of ether oxygens (including phenoxy) is 2. The first-order valence-corrected chi connectivity index (χ1v) is 16.6. The Morgan fingerprint density at radius 1 is 0.745 bits per heavy atom. The zero-order valence-electron chi connectivity index (χ0n) is 26.5. The molecule has 2 aliphatic heterocycles. The van der Waals surface area contributed by atoms with Gasteiger partial charge in [-0.1, -0.05) is 78.5 Å². The predicted octanol–water partition coefficient (Wildman–Crippen LogP) is 7.79. The van der Waals surface area contributed by atoms with Crippen LogP contribution in [0.5, 0.6) is 17.5 Å². The van der Waals surface area contributed by atoms with Crippen LogP contribution in [-0.2, 0) is 11.2 Å². The molecule has 0 N–H and O–H groups in total. The predicted molar refractivity (Wildman–Crippen MR) is 187 cm³/mol. The minimum Gasteiger partial charge on any atom is -0.455 e. The van der Waals surface area contributed by atoms with Crippen molar-refractivity contribution in [2.75, 3.05) is 0 Å². The maximum atomic E-state index is 14.1. The Labute approximate surface area is 294 Å². The molecule has 0 radical (unpaired) electrons. The lowest BCUT2D eigenvalue weighted by molar-refractivity contribution is -0.384. The summed E-state index contributed by atoms with van der Waals surface area (Å²) in [5, 5.41) is 11.6. The molecule has 2 aliphatic rings. The third-order valence-electron chi connectivity index (χ3n) is 8.46. The standard InChI is InChI=1S/C39H24N4O7S/c44-36-27-13-4-5-14-28(27)37(45)42(36)31(19-23-9-2-1-3-10-23)38(46)50-39-40-29(24-11-8-12-26(20-24)43(47)48)22-30(41-39)25-17-18-33-35(21-25)51-34-16-7-6-15-32(34)49-33/h1-18,20-22,31H,19H2. The fourth-order valence-corrected chi connectivity index (χ4v) is 6.99. The highest BCUT2D eigenvalue weighted by molar-refractivity contribution is 7.99. The summed E-state index contributed by atoms with van der Waals surface area (Å²) in [7, 11) is 0. The molecule has 2 amide bonds. The molecular weight excluding hydrogens is 669 g/mol. The Bertz CT molecular complexity index is 2370. The number of carbonyl (C=O) groups is 3. The minimum atomic E-state index is -1.36. The molecule has 0 bridgehead atoms. The summed E-state index contributed by atoms with van der Waals surface area (Å²) in [5.41, 5.74) is 2.55. The normalized spacial score (nSPS) is 13.5. The van der Waals surface area contributed by atoms with Crippen LogP contribution >= 0.6 is 11.8 Å². The number of imide groups is 1. The van der Waals surface area contributed by atoms with E-state index < -0.39 is 28.7 Å². The van der Waals surface area contributed by atoms with E-state index in [2.05, 4.69) is 9.97 Å². The molecule has 0 fully saturated rings. The number of nitro groups is 1. The van der Waals surface area contributed by atoms with E-state index in [0.717, 1.165) is 20.4 Å². The fourth-order valence-electron chi connectivity index (χ4n) is 6.00. The summed E-state index contributed by atoms with van der Waals surface area (Å²) in [5.74, 6) is -0.755. The van der Waals surface area contributed by atoms with Crippen molar-refractivity contribution in [3.8, 4) is 40.0 Å². The maximum Gasteiger partial charge on any atom is 0.337 e. The Kier molecular flexibility index (Phi) is 8.05. The highest BCUT2D eigenvalue weighted by Gasteiger charge is 2.43. The average Bonchev–Trinajstić information content (AvgIpc) is 3.41. The Balaban J connectivity index is 1.19. The van der Waals surface area contributed by atoms with Gasteiger partial charge in [0.1, 0.15) is 17.5 Å². The van der Waals surface area contributed by atoms with Gasteiger partial charge < -0.3 is 9.47 Å². The molecular formula is C39H24N4O7S. The minimum absolute atomic E-state index is 0.0217. The number of fused-ring (bicyclic) bond motifs is 3. The molecule has 1 unspecified atom stereocenters. The number of esters is 1. The van der Waals surface area contributed by atoms with Crippen LogP contribution in [0, 0.1) is 10.1 Å². The van der Waals surface area contributed by atoms with Gasteiger partial charge in [-0.15, -0.1) is 0 Å². The third kappa shape index (κ3) is 6.08. The van der Waals surface area contributed by atoms with Crippen molar-refractivity contribution in [1.29, 1.82) is 0 Å². The summed E-state index contributed by atoms with van der Waals surface area (Å²) in [4.78, 5) is 64.1. The molecule has 12 heteroatoms.